The molecule has 94 valence electrons. The number of benzene rings is 1. The number of carbonyl (C=O) groups is 1. The first-order valence-corrected chi connectivity index (χ1v) is 6.54. The van der Waals surface area contributed by atoms with Crippen LogP contribution < -0.4 is 4.72 Å². The Morgan fingerprint density at radius 1 is 1.28 bits per heavy atom. The highest BCUT2D eigenvalue weighted by Gasteiger charge is 2.18. The van der Waals surface area contributed by atoms with Gasteiger partial charge in [-0.05, 0) is 12.1 Å². The zero-order valence-electron chi connectivity index (χ0n) is 9.20. The number of carboxylic acid groups (broad SMARTS) is 1. The third kappa shape index (κ3) is 2.47. The van der Waals surface area contributed by atoms with Crippen molar-refractivity contribution in [3.05, 3.63) is 36.5 Å². The molecule has 2 N–H and O–H groups in total. The first kappa shape index (κ1) is 12.5. The van der Waals surface area contributed by atoms with Crippen molar-refractivity contribution in [3.8, 4) is 0 Å². The Balaban J connectivity index is 2.50. The zero-order valence-corrected chi connectivity index (χ0v) is 10.0. The Hall–Kier alpha value is -1.99. The maximum Gasteiger partial charge on any atom is 0.318 e. The molecule has 0 unspecified atom stereocenters. The summed E-state index contributed by atoms with van der Waals surface area (Å²) in [5.41, 5.74) is 0.317. The predicted molar refractivity (Wildman–Crippen MR) is 64.6 cm³/mol. The average molecular weight is 266 g/mol. The second kappa shape index (κ2) is 4.71. The highest BCUT2D eigenvalue weighted by Crippen LogP contribution is 2.20. The van der Waals surface area contributed by atoms with Crippen LogP contribution in [0.1, 0.15) is 0 Å². The minimum atomic E-state index is -3.88. The van der Waals surface area contributed by atoms with E-state index < -0.39 is 22.5 Å². The SMILES string of the molecule is O=C(O)CNS(=O)(=O)c1cccc2cccnc12. The number of para-hydroxylation sites is 1. The molecular weight excluding hydrogens is 256 g/mol. The van der Waals surface area contributed by atoms with E-state index in [1.54, 1.807) is 24.3 Å². The lowest BCUT2D eigenvalue weighted by Crippen LogP contribution is -2.29. The molecule has 6 nitrogen and oxygen atoms in total. The number of pyridine rings is 1. The molecule has 2 rings (SSSR count). The van der Waals surface area contributed by atoms with E-state index in [0.717, 1.165) is 0 Å². The lowest BCUT2D eigenvalue weighted by atomic mass is 10.2. The van der Waals surface area contributed by atoms with E-state index in [1.807, 2.05) is 4.72 Å². The van der Waals surface area contributed by atoms with E-state index in [2.05, 4.69) is 4.98 Å². The summed E-state index contributed by atoms with van der Waals surface area (Å²) in [4.78, 5) is 14.4. The molecule has 0 saturated carbocycles. The molecule has 0 fully saturated rings. The van der Waals surface area contributed by atoms with E-state index in [4.69, 9.17) is 5.11 Å². The monoisotopic (exact) mass is 266 g/mol. The van der Waals surface area contributed by atoms with Gasteiger partial charge in [0, 0.05) is 11.6 Å². The van der Waals surface area contributed by atoms with Crippen molar-refractivity contribution in [1.29, 1.82) is 0 Å². The lowest BCUT2D eigenvalue weighted by Gasteiger charge is -2.07. The molecular formula is C11H10N2O4S. The molecule has 0 spiro atoms. The molecule has 0 aliphatic carbocycles. The highest BCUT2D eigenvalue weighted by atomic mass is 32.2. The summed E-state index contributed by atoms with van der Waals surface area (Å²) in [7, 11) is -3.88. The molecule has 1 heterocycles. The molecule has 18 heavy (non-hydrogen) atoms. The third-order valence-electron chi connectivity index (χ3n) is 2.30. The van der Waals surface area contributed by atoms with Crippen LogP contribution in [0.3, 0.4) is 0 Å². The Morgan fingerprint density at radius 3 is 2.72 bits per heavy atom. The van der Waals surface area contributed by atoms with Crippen molar-refractivity contribution in [3.63, 3.8) is 0 Å². The van der Waals surface area contributed by atoms with E-state index in [9.17, 15) is 13.2 Å². The maximum atomic E-state index is 11.9. The summed E-state index contributed by atoms with van der Waals surface area (Å²) in [6.07, 6.45) is 1.48. The van der Waals surface area contributed by atoms with Crippen LogP contribution in [0.15, 0.2) is 41.4 Å². The van der Waals surface area contributed by atoms with Gasteiger partial charge in [0.15, 0.2) is 0 Å². The second-order valence-electron chi connectivity index (χ2n) is 3.55. The van der Waals surface area contributed by atoms with Gasteiger partial charge < -0.3 is 5.11 Å². The summed E-state index contributed by atoms with van der Waals surface area (Å²) in [6.45, 7) is -0.661. The number of hydrogen-bond donors (Lipinski definition) is 2. The van der Waals surface area contributed by atoms with Crippen molar-refractivity contribution < 1.29 is 18.3 Å². The van der Waals surface area contributed by atoms with Crippen LogP contribution in [0.5, 0.6) is 0 Å². The molecule has 1 aromatic heterocycles. The molecule has 1 aromatic carbocycles. The molecule has 0 atom stereocenters. The number of hydrogen-bond acceptors (Lipinski definition) is 4. The van der Waals surface area contributed by atoms with Crippen LogP contribution in [-0.2, 0) is 14.8 Å². The third-order valence-corrected chi connectivity index (χ3v) is 3.73. The van der Waals surface area contributed by atoms with E-state index >= 15 is 0 Å². The smallest absolute Gasteiger partial charge is 0.318 e. The number of nitrogens with zero attached hydrogens (tertiary/aromatic N) is 1. The van der Waals surface area contributed by atoms with Gasteiger partial charge in [-0.15, -0.1) is 0 Å². The molecule has 0 radical (unpaired) electrons. The quantitative estimate of drug-likeness (QED) is 0.844. The van der Waals surface area contributed by atoms with Crippen LogP contribution >= 0.6 is 0 Å². The van der Waals surface area contributed by atoms with Crippen LogP contribution in [0.25, 0.3) is 10.9 Å². The summed E-state index contributed by atoms with van der Waals surface area (Å²) < 4.78 is 25.9. The maximum absolute atomic E-state index is 11.9. The van der Waals surface area contributed by atoms with Crippen LogP contribution in [0.4, 0.5) is 0 Å². The molecule has 7 heteroatoms. The van der Waals surface area contributed by atoms with Crippen LogP contribution in [-0.4, -0.2) is 31.0 Å². The number of fused-ring (bicyclic) bond motifs is 1. The Kier molecular flexibility index (Phi) is 3.26. The zero-order chi connectivity index (χ0) is 13.2. The standard InChI is InChI=1S/C11H10N2O4S/c14-10(15)7-13-18(16,17)9-5-1-3-8-4-2-6-12-11(8)9/h1-6,13H,7H2,(H,14,15). The first-order chi connectivity index (χ1) is 8.50. The van der Waals surface area contributed by atoms with E-state index in [1.165, 1.54) is 12.3 Å². The van der Waals surface area contributed by atoms with Gasteiger partial charge in [-0.3, -0.25) is 9.78 Å². The van der Waals surface area contributed by atoms with Gasteiger partial charge in [0.25, 0.3) is 0 Å². The van der Waals surface area contributed by atoms with Crippen LogP contribution in [0.2, 0.25) is 0 Å². The summed E-state index contributed by atoms with van der Waals surface area (Å²) >= 11 is 0. The first-order valence-electron chi connectivity index (χ1n) is 5.06. The van der Waals surface area contributed by atoms with Gasteiger partial charge in [-0.25, -0.2) is 8.42 Å². The van der Waals surface area contributed by atoms with Crippen molar-refractivity contribution in [2.45, 2.75) is 4.90 Å². The normalized spacial score (nSPS) is 11.6. The van der Waals surface area contributed by atoms with E-state index in [-0.39, 0.29) is 4.90 Å². The minimum absolute atomic E-state index is 0.0261. The summed E-state index contributed by atoms with van der Waals surface area (Å²) in [6, 6.07) is 8.14. The topological polar surface area (TPSA) is 96.4 Å². The number of nitrogens with one attached hydrogen (secondary N) is 1. The largest absolute Gasteiger partial charge is 0.480 e. The molecule has 0 bridgehead atoms. The number of aliphatic carboxylic acids is 1. The average Bonchev–Trinajstić information content (AvgIpc) is 2.36. The van der Waals surface area contributed by atoms with Gasteiger partial charge >= 0.3 is 5.97 Å². The Bertz CT molecular complexity index is 692. The fourth-order valence-corrected chi connectivity index (χ4v) is 2.68. The number of sulfonamides is 1. The van der Waals surface area contributed by atoms with Crippen LogP contribution in [0, 0.1) is 0 Å². The predicted octanol–water partition coefficient (Wildman–Crippen LogP) is 0.598. The van der Waals surface area contributed by atoms with Gasteiger partial charge in [0.05, 0.1) is 5.52 Å². The molecule has 0 saturated heterocycles. The molecule has 0 aliphatic rings. The number of aromatic nitrogens is 1. The van der Waals surface area contributed by atoms with Crippen molar-refractivity contribution >= 4 is 26.9 Å². The fourth-order valence-electron chi connectivity index (χ4n) is 1.53. The fraction of sp³-hybridized carbons (Fsp3) is 0.0909. The lowest BCUT2D eigenvalue weighted by molar-refractivity contribution is -0.135. The highest BCUT2D eigenvalue weighted by molar-refractivity contribution is 7.89. The minimum Gasteiger partial charge on any atom is -0.480 e. The van der Waals surface area contributed by atoms with Gasteiger partial charge in [0.1, 0.15) is 11.4 Å². The molecule has 0 aliphatic heterocycles. The summed E-state index contributed by atoms with van der Waals surface area (Å²) in [5.74, 6) is -1.24. The van der Waals surface area contributed by atoms with E-state index in [0.29, 0.717) is 10.9 Å². The Labute approximate surface area is 103 Å². The van der Waals surface area contributed by atoms with Crippen molar-refractivity contribution in [2.75, 3.05) is 6.54 Å². The number of carboxylic acids is 1. The van der Waals surface area contributed by atoms with Gasteiger partial charge in [-0.1, -0.05) is 18.2 Å². The second-order valence-corrected chi connectivity index (χ2v) is 5.28. The van der Waals surface area contributed by atoms with Crippen molar-refractivity contribution in [1.82, 2.24) is 9.71 Å². The number of rotatable bonds is 4. The Morgan fingerprint density at radius 2 is 2.00 bits per heavy atom. The summed E-state index contributed by atoms with van der Waals surface area (Å²) in [5, 5.41) is 9.17. The molecule has 0 amide bonds. The van der Waals surface area contributed by atoms with Gasteiger partial charge in [-0.2, -0.15) is 4.72 Å². The molecule has 2 aromatic rings. The van der Waals surface area contributed by atoms with Crippen molar-refractivity contribution in [2.24, 2.45) is 0 Å². The van der Waals surface area contributed by atoms with Gasteiger partial charge in [0.2, 0.25) is 10.0 Å².